The standard InChI is InChI=1S/C27H29N3O/c1-18(2)31-23-14-10-21(11-15-23)26-29-24-16-9-20(17-25(24)30-26)6-5-19-7-12-22(13-8-19)27(3,4)28/h5-18H,28H2,1-4H3,(H,29,30)/b6-5-. The lowest BCUT2D eigenvalue weighted by atomic mass is 9.95. The lowest BCUT2D eigenvalue weighted by molar-refractivity contribution is 0.242. The number of aromatic amines is 1. The fourth-order valence-corrected chi connectivity index (χ4v) is 3.45. The fourth-order valence-electron chi connectivity index (χ4n) is 3.45. The first kappa shape index (κ1) is 20.9. The van der Waals surface area contributed by atoms with Gasteiger partial charge in [0.1, 0.15) is 11.6 Å². The molecule has 0 fully saturated rings. The van der Waals surface area contributed by atoms with Crippen molar-refractivity contribution in [2.75, 3.05) is 0 Å². The van der Waals surface area contributed by atoms with Crippen molar-refractivity contribution in [2.45, 2.75) is 39.3 Å². The van der Waals surface area contributed by atoms with E-state index in [0.29, 0.717) is 0 Å². The van der Waals surface area contributed by atoms with E-state index in [1.165, 1.54) is 0 Å². The van der Waals surface area contributed by atoms with Crippen LogP contribution in [0.15, 0.2) is 66.7 Å². The van der Waals surface area contributed by atoms with E-state index in [9.17, 15) is 0 Å². The highest BCUT2D eigenvalue weighted by Gasteiger charge is 2.12. The molecular weight excluding hydrogens is 382 g/mol. The zero-order valence-electron chi connectivity index (χ0n) is 18.5. The van der Waals surface area contributed by atoms with Crippen molar-refractivity contribution >= 4 is 23.2 Å². The number of ether oxygens (including phenoxy) is 1. The van der Waals surface area contributed by atoms with Gasteiger partial charge in [0.25, 0.3) is 0 Å². The summed E-state index contributed by atoms with van der Waals surface area (Å²) in [5, 5.41) is 0. The third-order valence-electron chi connectivity index (χ3n) is 5.13. The summed E-state index contributed by atoms with van der Waals surface area (Å²) in [4.78, 5) is 8.17. The molecule has 3 aromatic carbocycles. The smallest absolute Gasteiger partial charge is 0.138 e. The lowest BCUT2D eigenvalue weighted by Crippen LogP contribution is -2.28. The molecule has 1 aromatic heterocycles. The summed E-state index contributed by atoms with van der Waals surface area (Å²) in [5.74, 6) is 1.72. The number of nitrogens with one attached hydrogen (secondary N) is 1. The maximum atomic E-state index is 6.16. The molecule has 0 radical (unpaired) electrons. The molecule has 3 N–H and O–H groups in total. The Balaban J connectivity index is 1.53. The molecular formula is C27H29N3O. The predicted octanol–water partition coefficient (Wildman–Crippen LogP) is 6.38. The highest BCUT2D eigenvalue weighted by Crippen LogP contribution is 2.25. The first-order valence-electron chi connectivity index (χ1n) is 10.6. The van der Waals surface area contributed by atoms with E-state index in [2.05, 4.69) is 53.5 Å². The van der Waals surface area contributed by atoms with Gasteiger partial charge in [-0.05, 0) is 80.8 Å². The molecule has 0 aliphatic heterocycles. The molecule has 4 heteroatoms. The van der Waals surface area contributed by atoms with Gasteiger partial charge in [0.2, 0.25) is 0 Å². The molecule has 0 atom stereocenters. The van der Waals surface area contributed by atoms with Crippen molar-refractivity contribution in [3.05, 3.63) is 83.4 Å². The van der Waals surface area contributed by atoms with Gasteiger partial charge in [-0.15, -0.1) is 0 Å². The number of benzene rings is 3. The van der Waals surface area contributed by atoms with E-state index >= 15 is 0 Å². The van der Waals surface area contributed by atoms with Gasteiger partial charge in [-0.1, -0.05) is 42.5 Å². The van der Waals surface area contributed by atoms with E-state index in [1.807, 2.05) is 58.0 Å². The summed E-state index contributed by atoms with van der Waals surface area (Å²) in [6.45, 7) is 8.07. The Morgan fingerprint density at radius 3 is 2.19 bits per heavy atom. The van der Waals surface area contributed by atoms with Gasteiger partial charge in [-0.3, -0.25) is 0 Å². The third kappa shape index (κ3) is 5.04. The summed E-state index contributed by atoms with van der Waals surface area (Å²) in [5.41, 5.74) is 12.2. The Kier molecular flexibility index (Phi) is 5.66. The third-order valence-corrected chi connectivity index (χ3v) is 5.13. The summed E-state index contributed by atoms with van der Waals surface area (Å²) >= 11 is 0. The van der Waals surface area contributed by atoms with E-state index in [-0.39, 0.29) is 11.6 Å². The Morgan fingerprint density at radius 2 is 1.55 bits per heavy atom. The average Bonchev–Trinajstić information content (AvgIpc) is 3.15. The number of H-pyrrole nitrogens is 1. The van der Waals surface area contributed by atoms with Crippen LogP contribution in [0.2, 0.25) is 0 Å². The van der Waals surface area contributed by atoms with Gasteiger partial charge >= 0.3 is 0 Å². The van der Waals surface area contributed by atoms with Crippen LogP contribution < -0.4 is 10.5 Å². The molecule has 0 unspecified atom stereocenters. The molecule has 0 aliphatic rings. The second-order valence-electron chi connectivity index (χ2n) is 8.73. The van der Waals surface area contributed by atoms with E-state index in [4.69, 9.17) is 15.5 Å². The Bertz CT molecular complexity index is 1190. The molecule has 0 spiro atoms. The predicted molar refractivity (Wildman–Crippen MR) is 130 cm³/mol. The normalized spacial score (nSPS) is 12.2. The number of aromatic nitrogens is 2. The number of fused-ring (bicyclic) bond motifs is 1. The summed E-state index contributed by atoms with van der Waals surface area (Å²) in [6, 6.07) is 22.6. The molecule has 0 saturated carbocycles. The van der Waals surface area contributed by atoms with Gasteiger partial charge in [-0.2, -0.15) is 0 Å². The van der Waals surface area contributed by atoms with Crippen LogP contribution >= 0.6 is 0 Å². The molecule has 4 nitrogen and oxygen atoms in total. The van der Waals surface area contributed by atoms with E-state index < -0.39 is 0 Å². The van der Waals surface area contributed by atoms with Crippen molar-refractivity contribution in [2.24, 2.45) is 5.73 Å². The Labute approximate surface area is 183 Å². The Morgan fingerprint density at radius 1 is 0.903 bits per heavy atom. The monoisotopic (exact) mass is 411 g/mol. The van der Waals surface area contributed by atoms with Gasteiger partial charge in [0.15, 0.2) is 0 Å². The van der Waals surface area contributed by atoms with Gasteiger partial charge in [-0.25, -0.2) is 4.98 Å². The summed E-state index contributed by atoms with van der Waals surface area (Å²) in [7, 11) is 0. The first-order chi connectivity index (χ1) is 14.8. The van der Waals surface area contributed by atoms with Crippen molar-refractivity contribution < 1.29 is 4.74 Å². The van der Waals surface area contributed by atoms with Crippen molar-refractivity contribution in [3.8, 4) is 17.1 Å². The highest BCUT2D eigenvalue weighted by molar-refractivity contribution is 5.83. The quantitative estimate of drug-likeness (QED) is 0.362. The van der Waals surface area contributed by atoms with Crippen molar-refractivity contribution in [3.63, 3.8) is 0 Å². The minimum atomic E-state index is -0.326. The molecule has 4 aromatic rings. The summed E-state index contributed by atoms with van der Waals surface area (Å²) < 4.78 is 5.72. The van der Waals surface area contributed by atoms with Crippen LogP contribution in [0.5, 0.6) is 5.75 Å². The van der Waals surface area contributed by atoms with Gasteiger partial charge < -0.3 is 15.5 Å². The van der Waals surface area contributed by atoms with Crippen LogP contribution in [0.3, 0.4) is 0 Å². The summed E-state index contributed by atoms with van der Waals surface area (Å²) in [6.07, 6.45) is 4.38. The van der Waals surface area contributed by atoms with Gasteiger partial charge in [0.05, 0.1) is 17.1 Å². The minimum Gasteiger partial charge on any atom is -0.491 e. The Hall–Kier alpha value is -3.37. The second-order valence-corrected chi connectivity index (χ2v) is 8.73. The molecule has 0 amide bonds. The number of imidazole rings is 1. The van der Waals surface area contributed by atoms with Crippen LogP contribution in [0.4, 0.5) is 0 Å². The maximum Gasteiger partial charge on any atom is 0.138 e. The molecule has 4 rings (SSSR count). The zero-order chi connectivity index (χ0) is 22.0. The van der Waals surface area contributed by atoms with Crippen molar-refractivity contribution in [1.29, 1.82) is 0 Å². The topological polar surface area (TPSA) is 63.9 Å². The zero-order valence-corrected chi connectivity index (χ0v) is 18.5. The number of hydrogen-bond acceptors (Lipinski definition) is 3. The van der Waals surface area contributed by atoms with E-state index in [1.54, 1.807) is 0 Å². The van der Waals surface area contributed by atoms with Crippen LogP contribution in [-0.4, -0.2) is 16.1 Å². The number of nitrogens with two attached hydrogens (primary N) is 1. The first-order valence-corrected chi connectivity index (χ1v) is 10.6. The van der Waals surface area contributed by atoms with E-state index in [0.717, 1.165) is 44.9 Å². The molecule has 0 aliphatic carbocycles. The molecule has 1 heterocycles. The number of nitrogens with zero attached hydrogens (tertiary/aromatic N) is 1. The molecule has 31 heavy (non-hydrogen) atoms. The largest absolute Gasteiger partial charge is 0.491 e. The number of hydrogen-bond donors (Lipinski definition) is 2. The fraction of sp³-hybridized carbons (Fsp3) is 0.222. The van der Waals surface area contributed by atoms with Gasteiger partial charge in [0, 0.05) is 11.1 Å². The van der Waals surface area contributed by atoms with Crippen molar-refractivity contribution in [1.82, 2.24) is 9.97 Å². The maximum absolute atomic E-state index is 6.16. The number of rotatable bonds is 6. The lowest BCUT2D eigenvalue weighted by Gasteiger charge is -2.18. The SMILES string of the molecule is CC(C)Oc1ccc(-c2nc3ccc(/C=C\c4ccc(C(C)(C)N)cc4)cc3[nH]2)cc1. The minimum absolute atomic E-state index is 0.161. The van der Waals surface area contributed by atoms with Crippen LogP contribution in [-0.2, 0) is 5.54 Å². The van der Waals surface area contributed by atoms with Crippen LogP contribution in [0.25, 0.3) is 34.6 Å². The van der Waals surface area contributed by atoms with Crippen LogP contribution in [0, 0.1) is 0 Å². The molecule has 158 valence electrons. The molecule has 0 saturated heterocycles. The second kappa shape index (κ2) is 8.40. The average molecular weight is 412 g/mol. The highest BCUT2D eigenvalue weighted by atomic mass is 16.5. The van der Waals surface area contributed by atoms with Crippen LogP contribution in [0.1, 0.15) is 44.4 Å². The molecule has 0 bridgehead atoms.